The second-order valence-corrected chi connectivity index (χ2v) is 31.6. The van der Waals surface area contributed by atoms with Gasteiger partial charge in [-0.1, -0.05) is 62.3 Å². The predicted molar refractivity (Wildman–Crippen MR) is 354 cm³/mol. The maximum atomic E-state index is 13.9. The van der Waals surface area contributed by atoms with Gasteiger partial charge >= 0.3 is 0 Å². The minimum atomic E-state index is -1.09. The first-order valence-corrected chi connectivity index (χ1v) is 36.3. The molecule has 15 aliphatic rings. The molecular formula is C80H94N2O11. The number of methoxy groups -OCH3 is 1. The van der Waals surface area contributed by atoms with Crippen LogP contribution in [0.15, 0.2) is 84.9 Å². The van der Waals surface area contributed by atoms with Gasteiger partial charge in [-0.2, -0.15) is 0 Å². The van der Waals surface area contributed by atoms with Crippen LogP contribution < -0.4 is 29.6 Å². The summed E-state index contributed by atoms with van der Waals surface area (Å²) in [7, 11) is 1.74. The number of hydrogen-bond acceptors (Lipinski definition) is 13. The highest BCUT2D eigenvalue weighted by Gasteiger charge is 2.82. The maximum absolute atomic E-state index is 13.9. The monoisotopic (exact) mass is 1260 g/mol. The molecule has 0 amide bonds. The Kier molecular flexibility index (Phi) is 14.3. The van der Waals surface area contributed by atoms with Crippen LogP contribution in [0.5, 0.6) is 40.2 Å². The van der Waals surface area contributed by atoms with Crippen LogP contribution in [-0.2, 0) is 22.3 Å². The Hall–Kier alpha value is -5.98. The summed E-state index contributed by atoms with van der Waals surface area (Å²) in [6.45, 7) is 3.50. The Morgan fingerprint density at radius 3 is 2.48 bits per heavy atom. The molecule has 11 aliphatic carbocycles. The summed E-state index contributed by atoms with van der Waals surface area (Å²) in [5, 5.41) is 71.3. The second-order valence-electron chi connectivity index (χ2n) is 31.6. The number of hydrogen-bond donors (Lipinski definition) is 7. The summed E-state index contributed by atoms with van der Waals surface area (Å²) in [5.41, 5.74) is 5.57. The lowest BCUT2D eigenvalue weighted by molar-refractivity contribution is -0.213. The maximum Gasteiger partial charge on any atom is 0.149 e. The highest BCUT2D eigenvalue weighted by molar-refractivity contribution is 5.96. The zero-order chi connectivity index (χ0) is 62.8. The van der Waals surface area contributed by atoms with Crippen molar-refractivity contribution in [2.45, 2.75) is 196 Å². The van der Waals surface area contributed by atoms with Gasteiger partial charge in [-0.25, -0.2) is 0 Å². The number of phenols is 3. The van der Waals surface area contributed by atoms with Gasteiger partial charge in [0.2, 0.25) is 0 Å². The van der Waals surface area contributed by atoms with Gasteiger partial charge in [0.05, 0.1) is 54.2 Å². The van der Waals surface area contributed by atoms with Crippen LogP contribution in [-0.4, -0.2) is 94.6 Å². The normalized spacial score (nSPS) is 38.5. The molecule has 1 saturated heterocycles. The van der Waals surface area contributed by atoms with Crippen LogP contribution in [0.25, 0.3) is 21.9 Å². The fraction of sp³-hybridized carbons (Fsp3) is 0.600. The average molecular weight is 1260 g/mol. The van der Waals surface area contributed by atoms with Crippen molar-refractivity contribution >= 4 is 10.8 Å². The molecule has 18 unspecified atom stereocenters. The van der Waals surface area contributed by atoms with Crippen LogP contribution in [0.3, 0.4) is 0 Å². The Morgan fingerprint density at radius 1 is 0.774 bits per heavy atom. The molecule has 20 rings (SSSR count). The van der Waals surface area contributed by atoms with E-state index in [4.69, 9.17) is 33.7 Å². The number of benzene rings is 5. The first-order chi connectivity index (χ1) is 45.4. The van der Waals surface area contributed by atoms with E-state index in [-0.39, 0.29) is 70.8 Å². The molecule has 5 aromatic rings. The summed E-state index contributed by atoms with van der Waals surface area (Å²) >= 11 is 0. The Balaban J connectivity index is 0.798. The zero-order valence-corrected chi connectivity index (χ0v) is 54.3. The molecule has 93 heavy (non-hydrogen) atoms. The van der Waals surface area contributed by atoms with E-state index in [1.165, 1.54) is 77.0 Å². The fourth-order valence-corrected chi connectivity index (χ4v) is 24.6. The van der Waals surface area contributed by atoms with Crippen molar-refractivity contribution in [3.05, 3.63) is 113 Å². The van der Waals surface area contributed by atoms with Crippen LogP contribution in [0.4, 0.5) is 0 Å². The van der Waals surface area contributed by atoms with E-state index >= 15 is 0 Å². The molecule has 0 radical (unpaired) electrons. The summed E-state index contributed by atoms with van der Waals surface area (Å²) < 4.78 is 43.2. The number of aryl methyl sites for hydroxylation is 1. The molecule has 10 fully saturated rings. The molecule has 4 heterocycles. The van der Waals surface area contributed by atoms with Gasteiger partial charge in [0.1, 0.15) is 53.0 Å². The standard InChI is InChI=1S/C80H94N2O11/c1-3-45-36-59(46-12-8-15-53(83)34-46)48(37-64(45)85)32-49-35-56(91-55-16-4-5-17-55)40-61-70(87)63(43-90-71(49)61)69-66(18-11-30-88-2)92-72-57-23-21-54(84)39-60(57)67-41-62(72)73(69)93-75-58-22-20-51(38-65(58)86)80(75)52(14-10-31-89-67)42-81-79(82-80)44-76(25-6-7-26-76)78-29-28-77-27-9-13-50(77)33-47(74(78)79)19-24-68(77)78/h8,12,15,20-23,34-37,39-41,47,50-52,55,58,63,65-66,68-70,73-75,81-87H,3-7,9,11,13,16-19,24-33,38,42-44H2,1-2H3. The van der Waals surface area contributed by atoms with Crippen molar-refractivity contribution in [1.29, 1.82) is 0 Å². The molecule has 490 valence electrons. The van der Waals surface area contributed by atoms with E-state index < -0.39 is 47.9 Å². The molecule has 4 aliphatic heterocycles. The van der Waals surface area contributed by atoms with Crippen LogP contribution in [0, 0.1) is 81.3 Å². The van der Waals surface area contributed by atoms with E-state index in [1.54, 1.807) is 31.4 Å². The Labute approximate surface area is 547 Å². The van der Waals surface area contributed by atoms with E-state index in [2.05, 4.69) is 41.4 Å². The highest BCUT2D eigenvalue weighted by Crippen LogP contribution is 2.85. The van der Waals surface area contributed by atoms with Gasteiger partial charge in [0, 0.05) is 77.8 Å². The molecule has 8 bridgehead atoms. The van der Waals surface area contributed by atoms with Crippen LogP contribution in [0.1, 0.15) is 175 Å². The largest absolute Gasteiger partial charge is 0.508 e. The SMILES string of the molecule is CCc1cc(-c2cccc(O)c2)c(Cc2cc(OC3CCCC3)cc3c2OCC(C2C(CCCOC)Oc4c5cc(c6cc(O)ccc46)OCC#CC4CNC6(CC7(CCCC7)C78CCC9%10CCCC9CC(CCC%107)C68)NC46C4C=CC(C(O)C4)C6OC52)C3O)cc1O. The van der Waals surface area contributed by atoms with Gasteiger partial charge in [0.15, 0.2) is 0 Å². The van der Waals surface area contributed by atoms with Crippen molar-refractivity contribution in [1.82, 2.24) is 10.6 Å². The van der Waals surface area contributed by atoms with Crippen molar-refractivity contribution < 1.29 is 54.0 Å². The minimum Gasteiger partial charge on any atom is -0.508 e. The molecule has 9 saturated carbocycles. The van der Waals surface area contributed by atoms with Crippen LogP contribution in [0.2, 0.25) is 0 Å². The third-order valence-corrected chi connectivity index (χ3v) is 27.8. The molecule has 5 spiro atoms. The van der Waals surface area contributed by atoms with Crippen molar-refractivity contribution in [2.24, 2.45) is 69.5 Å². The number of rotatable bonds is 11. The van der Waals surface area contributed by atoms with Crippen molar-refractivity contribution in [3.8, 4) is 63.2 Å². The highest BCUT2D eigenvalue weighted by atomic mass is 16.5. The van der Waals surface area contributed by atoms with Gasteiger partial charge < -0.3 is 54.0 Å². The van der Waals surface area contributed by atoms with Gasteiger partial charge in [-0.15, -0.1) is 0 Å². The smallest absolute Gasteiger partial charge is 0.149 e. The number of fused-ring (bicyclic) bond motifs is 7. The molecule has 13 nitrogen and oxygen atoms in total. The lowest BCUT2D eigenvalue weighted by Crippen LogP contribution is -2.83. The van der Waals surface area contributed by atoms with Gasteiger partial charge in [0.25, 0.3) is 0 Å². The van der Waals surface area contributed by atoms with E-state index in [0.29, 0.717) is 96.5 Å². The van der Waals surface area contributed by atoms with Gasteiger partial charge in [-0.3, -0.25) is 10.6 Å². The minimum absolute atomic E-state index is 0.0275. The molecule has 18 atom stereocenters. The summed E-state index contributed by atoms with van der Waals surface area (Å²) in [4.78, 5) is 0. The average Bonchev–Trinajstić information content (AvgIpc) is 1.48. The summed E-state index contributed by atoms with van der Waals surface area (Å²) in [6, 6.07) is 22.7. The summed E-state index contributed by atoms with van der Waals surface area (Å²) in [5.74, 6) is 11.4. The van der Waals surface area contributed by atoms with Gasteiger partial charge in [-0.05, 0) is 238 Å². The number of aliphatic hydroxyl groups is 2. The van der Waals surface area contributed by atoms with Crippen molar-refractivity contribution in [2.75, 3.05) is 33.5 Å². The van der Waals surface area contributed by atoms with E-state index in [1.807, 2.05) is 43.3 Å². The lowest BCUT2D eigenvalue weighted by Gasteiger charge is -2.66. The Bertz CT molecular complexity index is 3880. The molecule has 0 aromatic heterocycles. The van der Waals surface area contributed by atoms with E-state index in [0.717, 1.165) is 82.7 Å². The predicted octanol–water partition coefficient (Wildman–Crippen LogP) is 13.9. The number of nitrogens with one attached hydrogen (secondary N) is 2. The third-order valence-electron chi connectivity index (χ3n) is 27.8. The molecule has 7 N–H and O–H groups in total. The topological polar surface area (TPSA) is 181 Å². The third kappa shape index (κ3) is 8.78. The lowest BCUT2D eigenvalue weighted by atomic mass is 9.48. The van der Waals surface area contributed by atoms with Crippen LogP contribution >= 0.6 is 0 Å². The van der Waals surface area contributed by atoms with E-state index in [9.17, 15) is 25.5 Å². The molecular weight excluding hydrogens is 1160 g/mol. The fourth-order valence-electron chi connectivity index (χ4n) is 24.6. The Morgan fingerprint density at radius 2 is 1.65 bits per heavy atom. The molecule has 13 heteroatoms. The number of aromatic hydroxyl groups is 3. The van der Waals surface area contributed by atoms with Crippen molar-refractivity contribution in [3.63, 3.8) is 0 Å². The first-order valence-electron chi connectivity index (χ1n) is 36.3. The molecule has 5 aromatic carbocycles. The first kappa shape index (κ1) is 59.5. The summed E-state index contributed by atoms with van der Waals surface area (Å²) in [6.07, 6.45) is 25.5. The second kappa shape index (κ2) is 22.3. The number of ether oxygens (including phenoxy) is 6. The number of aliphatic hydroxyl groups excluding tert-OH is 2. The number of phenolic OH excluding ortho intramolecular Hbond substituents is 3. The quantitative estimate of drug-likeness (QED) is 0.0378. The zero-order valence-electron chi connectivity index (χ0n) is 54.3.